The molecule has 2 N–H and O–H groups in total. The van der Waals surface area contributed by atoms with Gasteiger partial charge in [-0.15, -0.1) is 0 Å². The Morgan fingerprint density at radius 1 is 0.900 bits per heavy atom. The first-order valence-corrected chi connectivity index (χ1v) is 9.46. The summed E-state index contributed by atoms with van der Waals surface area (Å²) in [5.74, 6) is -0.679. The van der Waals surface area contributed by atoms with Crippen LogP contribution >= 0.6 is 11.6 Å². The maximum absolute atomic E-state index is 12.2. The summed E-state index contributed by atoms with van der Waals surface area (Å²) in [6.45, 7) is 0. The molecule has 6 nitrogen and oxygen atoms in total. The molecule has 0 spiro atoms. The van der Waals surface area contributed by atoms with Crippen LogP contribution in [0.5, 0.6) is 0 Å². The third-order valence-corrected chi connectivity index (χ3v) is 4.57. The summed E-state index contributed by atoms with van der Waals surface area (Å²) in [5.41, 5.74) is 3.57. The van der Waals surface area contributed by atoms with Crippen molar-refractivity contribution in [1.82, 2.24) is 5.43 Å². The zero-order chi connectivity index (χ0) is 20.9. The third kappa shape index (κ3) is 4.39. The second-order valence-corrected chi connectivity index (χ2v) is 6.83. The highest BCUT2D eigenvalue weighted by Crippen LogP contribution is 2.24. The number of rotatable bonds is 4. The predicted octanol–water partition coefficient (Wildman–Crippen LogP) is 4.84. The molecule has 7 heteroatoms. The van der Waals surface area contributed by atoms with Crippen LogP contribution in [0.15, 0.2) is 88.4 Å². The van der Waals surface area contributed by atoms with Crippen molar-refractivity contribution in [2.24, 2.45) is 5.10 Å². The fraction of sp³-hybridized carbons (Fsp3) is 0. The van der Waals surface area contributed by atoms with Gasteiger partial charge in [-0.1, -0.05) is 60.1 Å². The Morgan fingerprint density at radius 3 is 2.57 bits per heavy atom. The summed E-state index contributed by atoms with van der Waals surface area (Å²) < 4.78 is 5.65. The molecule has 30 heavy (non-hydrogen) atoms. The molecular formula is C23H16ClN3O3. The van der Waals surface area contributed by atoms with Gasteiger partial charge in [0, 0.05) is 21.7 Å². The quantitative estimate of drug-likeness (QED) is 0.283. The fourth-order valence-electron chi connectivity index (χ4n) is 2.94. The summed E-state index contributed by atoms with van der Waals surface area (Å²) in [5, 5.41) is 8.79. The van der Waals surface area contributed by atoms with E-state index in [4.69, 9.17) is 16.0 Å². The van der Waals surface area contributed by atoms with E-state index in [-0.39, 0.29) is 0 Å². The van der Waals surface area contributed by atoms with Crippen molar-refractivity contribution in [2.45, 2.75) is 0 Å². The number of furan rings is 1. The number of fused-ring (bicyclic) bond motifs is 1. The molecule has 1 heterocycles. The largest absolute Gasteiger partial charge is 0.455 e. The molecule has 0 fully saturated rings. The topological polar surface area (TPSA) is 83.7 Å². The zero-order valence-electron chi connectivity index (χ0n) is 15.6. The molecule has 1 aromatic heterocycles. The van der Waals surface area contributed by atoms with Crippen molar-refractivity contribution in [3.8, 4) is 11.3 Å². The molecule has 0 unspecified atom stereocenters. The van der Waals surface area contributed by atoms with Crippen LogP contribution in [-0.2, 0) is 9.59 Å². The average molecular weight is 418 g/mol. The van der Waals surface area contributed by atoms with Crippen LogP contribution in [0.3, 0.4) is 0 Å². The van der Waals surface area contributed by atoms with E-state index in [0.29, 0.717) is 22.2 Å². The highest BCUT2D eigenvalue weighted by molar-refractivity contribution is 6.40. The summed E-state index contributed by atoms with van der Waals surface area (Å²) in [4.78, 5) is 24.2. The van der Waals surface area contributed by atoms with Crippen molar-refractivity contribution in [2.75, 3.05) is 5.32 Å². The van der Waals surface area contributed by atoms with E-state index in [1.165, 1.54) is 6.21 Å². The number of anilines is 1. The Labute approximate surface area is 177 Å². The summed E-state index contributed by atoms with van der Waals surface area (Å²) in [6.07, 6.45) is 1.32. The number of nitrogens with zero attached hydrogens (tertiary/aromatic N) is 1. The van der Waals surface area contributed by atoms with E-state index in [1.54, 1.807) is 30.3 Å². The Kier molecular flexibility index (Phi) is 5.59. The summed E-state index contributed by atoms with van der Waals surface area (Å²) >= 11 is 5.99. The van der Waals surface area contributed by atoms with E-state index in [1.807, 2.05) is 48.5 Å². The first kappa shape index (κ1) is 19.4. The van der Waals surface area contributed by atoms with Gasteiger partial charge in [-0.3, -0.25) is 9.59 Å². The van der Waals surface area contributed by atoms with Gasteiger partial charge in [-0.05, 0) is 35.7 Å². The SMILES string of the molecule is O=C(N/N=C/c1ccc(-c2cccc(Cl)c2)o1)C(=O)Nc1cccc2ccccc12. The third-order valence-electron chi connectivity index (χ3n) is 4.34. The minimum atomic E-state index is -0.888. The monoisotopic (exact) mass is 417 g/mol. The number of hydrogen-bond acceptors (Lipinski definition) is 4. The molecule has 3 aromatic carbocycles. The number of carbonyl (C=O) groups is 2. The Hall–Kier alpha value is -3.90. The minimum absolute atomic E-state index is 0.416. The average Bonchev–Trinajstić information content (AvgIpc) is 3.23. The first-order valence-electron chi connectivity index (χ1n) is 9.08. The molecule has 0 atom stereocenters. The number of hydrazone groups is 1. The lowest BCUT2D eigenvalue weighted by Crippen LogP contribution is -2.32. The van der Waals surface area contributed by atoms with Gasteiger partial charge in [-0.25, -0.2) is 5.43 Å². The maximum atomic E-state index is 12.2. The summed E-state index contributed by atoms with van der Waals surface area (Å²) in [6, 6.07) is 23.7. The molecule has 0 saturated heterocycles. The van der Waals surface area contributed by atoms with Crippen molar-refractivity contribution < 1.29 is 14.0 Å². The molecule has 0 bridgehead atoms. The molecule has 148 valence electrons. The smallest absolute Gasteiger partial charge is 0.329 e. The van der Waals surface area contributed by atoms with Gasteiger partial charge < -0.3 is 9.73 Å². The van der Waals surface area contributed by atoms with Crippen LogP contribution in [0.4, 0.5) is 5.69 Å². The molecule has 0 radical (unpaired) electrons. The van der Waals surface area contributed by atoms with Crippen molar-refractivity contribution >= 4 is 46.1 Å². The van der Waals surface area contributed by atoms with E-state index in [9.17, 15) is 9.59 Å². The summed E-state index contributed by atoms with van der Waals surface area (Å²) in [7, 11) is 0. The van der Waals surface area contributed by atoms with Gasteiger partial charge in [0.1, 0.15) is 11.5 Å². The van der Waals surface area contributed by atoms with E-state index in [2.05, 4.69) is 15.8 Å². The Bertz CT molecular complexity index is 1260. The molecule has 0 saturated carbocycles. The van der Waals surface area contributed by atoms with Crippen LogP contribution in [0.25, 0.3) is 22.1 Å². The normalized spacial score (nSPS) is 11.0. The highest BCUT2D eigenvalue weighted by atomic mass is 35.5. The van der Waals surface area contributed by atoms with Crippen LogP contribution in [0.1, 0.15) is 5.76 Å². The highest BCUT2D eigenvalue weighted by Gasteiger charge is 2.14. The van der Waals surface area contributed by atoms with Crippen LogP contribution in [-0.4, -0.2) is 18.0 Å². The van der Waals surface area contributed by atoms with Crippen LogP contribution in [0.2, 0.25) is 5.02 Å². The second kappa shape index (κ2) is 8.63. The molecular weight excluding hydrogens is 402 g/mol. The fourth-order valence-corrected chi connectivity index (χ4v) is 3.13. The molecule has 0 aliphatic rings. The first-order chi connectivity index (χ1) is 14.6. The molecule has 0 aliphatic heterocycles. The second-order valence-electron chi connectivity index (χ2n) is 6.39. The lowest BCUT2D eigenvalue weighted by atomic mass is 10.1. The van der Waals surface area contributed by atoms with Gasteiger partial charge in [-0.2, -0.15) is 5.10 Å². The number of nitrogens with one attached hydrogen (secondary N) is 2. The number of benzene rings is 3. The number of carbonyl (C=O) groups excluding carboxylic acids is 2. The van der Waals surface area contributed by atoms with Gasteiger partial charge in [0.25, 0.3) is 0 Å². The Balaban J connectivity index is 1.38. The zero-order valence-corrected chi connectivity index (χ0v) is 16.4. The Morgan fingerprint density at radius 2 is 1.70 bits per heavy atom. The van der Waals surface area contributed by atoms with E-state index >= 15 is 0 Å². The van der Waals surface area contributed by atoms with Gasteiger partial charge in [0.15, 0.2) is 0 Å². The van der Waals surface area contributed by atoms with Crippen molar-refractivity contribution in [1.29, 1.82) is 0 Å². The number of amides is 2. The van der Waals surface area contributed by atoms with E-state index < -0.39 is 11.8 Å². The van der Waals surface area contributed by atoms with Crippen LogP contribution < -0.4 is 10.7 Å². The number of hydrogen-bond donors (Lipinski definition) is 2. The van der Waals surface area contributed by atoms with E-state index in [0.717, 1.165) is 16.3 Å². The predicted molar refractivity (Wildman–Crippen MR) is 117 cm³/mol. The van der Waals surface area contributed by atoms with Gasteiger partial charge in [0.05, 0.1) is 6.21 Å². The van der Waals surface area contributed by atoms with Crippen molar-refractivity contribution in [3.05, 3.63) is 89.6 Å². The van der Waals surface area contributed by atoms with Crippen molar-refractivity contribution in [3.63, 3.8) is 0 Å². The molecule has 0 aliphatic carbocycles. The molecule has 4 rings (SSSR count). The minimum Gasteiger partial charge on any atom is -0.455 e. The standard InChI is InChI=1S/C23H16ClN3O3/c24-17-8-3-7-16(13-17)21-12-11-18(30-21)14-25-27-23(29)22(28)26-20-10-4-6-15-5-1-2-9-19(15)20/h1-14H,(H,26,28)(H,27,29)/b25-14+. The maximum Gasteiger partial charge on any atom is 0.329 e. The van der Waals surface area contributed by atoms with Crippen LogP contribution in [0, 0.1) is 0 Å². The van der Waals surface area contributed by atoms with Gasteiger partial charge >= 0.3 is 11.8 Å². The molecule has 4 aromatic rings. The van der Waals surface area contributed by atoms with Gasteiger partial charge in [0.2, 0.25) is 0 Å². The molecule has 2 amide bonds. The lowest BCUT2D eigenvalue weighted by molar-refractivity contribution is -0.136. The number of halogens is 1. The lowest BCUT2D eigenvalue weighted by Gasteiger charge is -2.07.